The first kappa shape index (κ1) is 63.9. The summed E-state index contributed by atoms with van der Waals surface area (Å²) in [5.41, 5.74) is 0.688. The molecule has 2 aromatic carbocycles. The summed E-state index contributed by atoms with van der Waals surface area (Å²) in [6, 6.07) is 8.69. The number of nitrogens with zero attached hydrogens (tertiary/aromatic N) is 2. The van der Waals surface area contributed by atoms with Crippen LogP contribution in [0.2, 0.25) is 0 Å². The third-order valence-corrected chi connectivity index (χ3v) is 11.6. The van der Waals surface area contributed by atoms with Crippen molar-refractivity contribution in [3.63, 3.8) is 0 Å². The van der Waals surface area contributed by atoms with Crippen LogP contribution in [0.5, 0.6) is 11.5 Å². The van der Waals surface area contributed by atoms with Crippen LogP contribution >= 0.6 is 0 Å². The van der Waals surface area contributed by atoms with E-state index in [2.05, 4.69) is 33.6 Å². The average Bonchev–Trinajstić information content (AvgIpc) is 3.38. The molecular formula is C58H82F2N4O10. The van der Waals surface area contributed by atoms with Crippen LogP contribution in [0.4, 0.5) is 8.78 Å². The van der Waals surface area contributed by atoms with Crippen LogP contribution in [0.25, 0.3) is 0 Å². The second kappa shape index (κ2) is 41.1. The Labute approximate surface area is 438 Å². The maximum atomic E-state index is 14.5. The highest BCUT2D eigenvalue weighted by Crippen LogP contribution is 2.22. The van der Waals surface area contributed by atoms with Gasteiger partial charge in [0.15, 0.2) is 47.9 Å². The second-order valence-electron chi connectivity index (χ2n) is 18.1. The van der Waals surface area contributed by atoms with Crippen molar-refractivity contribution in [2.75, 3.05) is 79.8 Å². The molecule has 2 rings (SSSR count). The minimum Gasteiger partial charge on any atom is -0.486 e. The van der Waals surface area contributed by atoms with Gasteiger partial charge in [-0.1, -0.05) is 114 Å². The third-order valence-electron chi connectivity index (χ3n) is 11.6. The Balaban J connectivity index is 1.38. The molecule has 2 amide bonds. The minimum atomic E-state index is -0.900. The van der Waals surface area contributed by atoms with Crippen LogP contribution in [-0.4, -0.2) is 125 Å². The molecule has 14 nitrogen and oxygen atoms in total. The van der Waals surface area contributed by atoms with Crippen molar-refractivity contribution in [2.24, 2.45) is 0 Å². The number of esters is 2. The van der Waals surface area contributed by atoms with Crippen molar-refractivity contribution in [3.8, 4) is 11.5 Å². The molecule has 0 aromatic heterocycles. The van der Waals surface area contributed by atoms with Gasteiger partial charge in [0.1, 0.15) is 13.2 Å². The first-order valence-electron chi connectivity index (χ1n) is 26.2. The van der Waals surface area contributed by atoms with E-state index in [1.807, 2.05) is 50.6 Å². The van der Waals surface area contributed by atoms with E-state index in [9.17, 15) is 37.5 Å². The molecule has 2 N–H and O–H groups in total. The standard InChI is InChI=1S/C58H82F2N4O10/c1-5-37-63(3)39-23-25-41-71-53-31-29-47(43-49(53)59)51(65)27-19-15-11-7-9-13-17-21-35-61-55(67)45-73-57(69)33-34-58(70)74-46-56(68)62-36-22-18-14-10-8-12-16-20-28-52(66)48-30-32-54(50(60)44-48)72-42-26-24-40-64(4)38-6-2/h5-6,23-26,29-34,43-44H,1-2,7-22,27-28,35-42,45-46H2,3-4H3,(H,61,67)(H,62,68)/b25-23+,26-24+,34-33+. The molecule has 0 saturated heterocycles. The number of benzene rings is 2. The number of Topliss-reactive ketones (excluding diaryl/α,β-unsaturated/α-hetero) is 2. The molecule has 16 heteroatoms. The van der Waals surface area contributed by atoms with E-state index in [1.54, 1.807) is 12.1 Å². The molecule has 0 bridgehead atoms. The molecule has 74 heavy (non-hydrogen) atoms. The molecule has 0 radical (unpaired) electrons. The van der Waals surface area contributed by atoms with E-state index in [1.165, 1.54) is 24.3 Å². The Bertz CT molecular complexity index is 1960. The quantitative estimate of drug-likeness (QED) is 0.0212. The van der Waals surface area contributed by atoms with Gasteiger partial charge in [-0.3, -0.25) is 29.0 Å². The molecule has 408 valence electrons. The third kappa shape index (κ3) is 32.0. The monoisotopic (exact) mass is 1030 g/mol. The number of likely N-dealkylation sites (N-methyl/N-ethyl adjacent to an activating group) is 2. The first-order chi connectivity index (χ1) is 35.8. The second-order valence-corrected chi connectivity index (χ2v) is 18.1. The zero-order valence-electron chi connectivity index (χ0n) is 44.0. The number of halogens is 2. The largest absolute Gasteiger partial charge is 0.486 e. The number of ether oxygens (including phenoxy) is 4. The molecule has 0 unspecified atom stereocenters. The van der Waals surface area contributed by atoms with Gasteiger partial charge in [0, 0.05) is 75.4 Å². The number of ketones is 2. The normalized spacial score (nSPS) is 11.4. The SMILES string of the molecule is C=CCN(C)C/C=C/COc1ccc(C(=O)CCCCCCCCCCNC(=O)COC(=O)/C=C/C(=O)OCC(=O)NCCCCCCCCCCC(=O)c2ccc(OC/C=C/CN(C)CC=C)c(F)c2)cc1F. The van der Waals surface area contributed by atoms with Gasteiger partial charge in [-0.25, -0.2) is 18.4 Å². The van der Waals surface area contributed by atoms with Crippen molar-refractivity contribution in [1.82, 2.24) is 20.4 Å². The van der Waals surface area contributed by atoms with Crippen LogP contribution in [0.15, 0.2) is 98.2 Å². The molecular weight excluding hydrogens is 951 g/mol. The number of unbranched alkanes of at least 4 members (excludes halogenated alkanes) is 14. The number of carbonyl (C=O) groups is 6. The summed E-state index contributed by atoms with van der Waals surface area (Å²) >= 11 is 0. The highest BCUT2D eigenvalue weighted by molar-refractivity contribution is 5.97. The van der Waals surface area contributed by atoms with E-state index < -0.39 is 48.6 Å². The van der Waals surface area contributed by atoms with E-state index in [-0.39, 0.29) is 36.3 Å². The number of hydrogen-bond donors (Lipinski definition) is 2. The summed E-state index contributed by atoms with van der Waals surface area (Å²) < 4.78 is 49.7. The molecule has 0 aliphatic heterocycles. The van der Waals surface area contributed by atoms with Crippen LogP contribution in [-0.2, 0) is 28.7 Å². The van der Waals surface area contributed by atoms with E-state index in [0.717, 1.165) is 141 Å². The lowest BCUT2D eigenvalue weighted by Gasteiger charge is -2.10. The Morgan fingerprint density at radius 3 is 1.20 bits per heavy atom. The van der Waals surface area contributed by atoms with Gasteiger partial charge in [-0.15, -0.1) is 13.2 Å². The average molecular weight is 1030 g/mol. The summed E-state index contributed by atoms with van der Waals surface area (Å²) in [6.45, 7) is 10.7. The summed E-state index contributed by atoms with van der Waals surface area (Å²) in [5.74, 6) is -3.78. The topological polar surface area (TPSA) is 170 Å². The predicted molar refractivity (Wildman–Crippen MR) is 286 cm³/mol. The molecule has 0 fully saturated rings. The van der Waals surface area contributed by atoms with E-state index >= 15 is 0 Å². The van der Waals surface area contributed by atoms with Gasteiger partial charge >= 0.3 is 11.9 Å². The van der Waals surface area contributed by atoms with E-state index in [0.29, 0.717) is 37.1 Å². The molecule has 2 aromatic rings. The molecule has 0 aliphatic carbocycles. The highest BCUT2D eigenvalue weighted by atomic mass is 19.1. The van der Waals surface area contributed by atoms with Gasteiger partial charge in [-0.05, 0) is 76.2 Å². The number of amides is 2. The smallest absolute Gasteiger partial charge is 0.331 e. The first-order valence-corrected chi connectivity index (χ1v) is 26.2. The predicted octanol–water partition coefficient (Wildman–Crippen LogP) is 10.0. The van der Waals surface area contributed by atoms with Crippen LogP contribution in [0.1, 0.15) is 136 Å². The fourth-order valence-electron chi connectivity index (χ4n) is 7.39. The number of nitrogens with one attached hydrogen (secondary N) is 2. The summed E-state index contributed by atoms with van der Waals surface area (Å²) in [5, 5.41) is 5.39. The Morgan fingerprint density at radius 1 is 0.500 bits per heavy atom. The molecule has 0 aliphatic rings. The Hall–Kier alpha value is -6.26. The van der Waals surface area contributed by atoms with Gasteiger partial charge in [-0.2, -0.15) is 0 Å². The Kier molecular flexibility index (Phi) is 35.5. The van der Waals surface area contributed by atoms with Crippen molar-refractivity contribution in [1.29, 1.82) is 0 Å². The van der Waals surface area contributed by atoms with Gasteiger partial charge < -0.3 is 29.6 Å². The summed E-state index contributed by atoms with van der Waals surface area (Å²) in [6.07, 6.45) is 28.3. The molecule has 0 heterocycles. The maximum Gasteiger partial charge on any atom is 0.331 e. The van der Waals surface area contributed by atoms with Crippen molar-refractivity contribution in [3.05, 3.63) is 121 Å². The number of hydrogen-bond acceptors (Lipinski definition) is 12. The van der Waals surface area contributed by atoms with E-state index in [4.69, 9.17) is 18.9 Å². The summed E-state index contributed by atoms with van der Waals surface area (Å²) in [7, 11) is 3.94. The minimum absolute atomic E-state index is 0.0897. The summed E-state index contributed by atoms with van der Waals surface area (Å²) in [4.78, 5) is 77.3. The van der Waals surface area contributed by atoms with Crippen LogP contribution in [0, 0.1) is 11.6 Å². The number of carbonyl (C=O) groups excluding carboxylic acids is 6. The van der Waals surface area contributed by atoms with Gasteiger partial charge in [0.25, 0.3) is 11.8 Å². The zero-order valence-corrected chi connectivity index (χ0v) is 44.0. The van der Waals surface area contributed by atoms with Crippen molar-refractivity contribution >= 4 is 35.3 Å². The lowest BCUT2D eigenvalue weighted by molar-refractivity contribution is -0.145. The fourth-order valence-corrected chi connectivity index (χ4v) is 7.39. The maximum absolute atomic E-state index is 14.5. The fraction of sp³-hybridized carbons (Fsp3) is 0.517. The zero-order chi connectivity index (χ0) is 54.0. The number of rotatable bonds is 44. The van der Waals surface area contributed by atoms with Crippen molar-refractivity contribution < 1.29 is 56.5 Å². The van der Waals surface area contributed by atoms with Crippen LogP contribution < -0.4 is 20.1 Å². The van der Waals surface area contributed by atoms with Gasteiger partial charge in [0.2, 0.25) is 0 Å². The van der Waals surface area contributed by atoms with Gasteiger partial charge in [0.05, 0.1) is 0 Å². The molecule has 0 saturated carbocycles. The lowest BCUT2D eigenvalue weighted by Crippen LogP contribution is -2.29. The lowest BCUT2D eigenvalue weighted by atomic mass is 10.0. The van der Waals surface area contributed by atoms with Crippen LogP contribution in [0.3, 0.4) is 0 Å². The highest BCUT2D eigenvalue weighted by Gasteiger charge is 2.13. The van der Waals surface area contributed by atoms with Crippen molar-refractivity contribution in [2.45, 2.75) is 116 Å². The molecule has 0 spiro atoms. The Morgan fingerprint density at radius 2 is 0.851 bits per heavy atom. The molecule has 0 atom stereocenters.